The van der Waals surface area contributed by atoms with Crippen molar-refractivity contribution in [3.8, 4) is 5.75 Å². The quantitative estimate of drug-likeness (QED) is 0.677. The number of rotatable bonds is 8. The summed E-state index contributed by atoms with van der Waals surface area (Å²) in [5.41, 5.74) is 3.26. The number of sulfonamides is 1. The highest BCUT2D eigenvalue weighted by Crippen LogP contribution is 2.23. The summed E-state index contributed by atoms with van der Waals surface area (Å²) in [5, 5.41) is 0. The summed E-state index contributed by atoms with van der Waals surface area (Å²) in [4.78, 5) is 14.6. The van der Waals surface area contributed by atoms with E-state index in [1.807, 2.05) is 30.9 Å². The molecular formula is C24H32N2O4S. The van der Waals surface area contributed by atoms with Gasteiger partial charge in [0.2, 0.25) is 15.9 Å². The minimum Gasteiger partial charge on any atom is -0.497 e. The predicted octanol–water partition coefficient (Wildman–Crippen LogP) is 3.46. The van der Waals surface area contributed by atoms with E-state index in [1.54, 1.807) is 25.3 Å². The molecule has 1 saturated heterocycles. The van der Waals surface area contributed by atoms with Crippen LogP contribution in [0.2, 0.25) is 0 Å². The van der Waals surface area contributed by atoms with Gasteiger partial charge >= 0.3 is 0 Å². The molecule has 6 nitrogen and oxygen atoms in total. The Kier molecular flexibility index (Phi) is 7.73. The van der Waals surface area contributed by atoms with Gasteiger partial charge in [0.25, 0.3) is 0 Å². The fourth-order valence-corrected chi connectivity index (χ4v) is 5.01. The molecule has 2 aromatic carbocycles. The van der Waals surface area contributed by atoms with Crippen LogP contribution in [0.25, 0.3) is 0 Å². The average Bonchev–Trinajstić information content (AvgIpc) is 2.76. The molecular weight excluding hydrogens is 412 g/mol. The van der Waals surface area contributed by atoms with Gasteiger partial charge in [0.05, 0.1) is 12.0 Å². The van der Waals surface area contributed by atoms with Gasteiger partial charge in [0, 0.05) is 26.1 Å². The minimum atomic E-state index is -3.60. The van der Waals surface area contributed by atoms with Crippen LogP contribution in [0.15, 0.2) is 47.4 Å². The van der Waals surface area contributed by atoms with E-state index in [-0.39, 0.29) is 23.8 Å². The summed E-state index contributed by atoms with van der Waals surface area (Å²) in [6.45, 7) is 5.39. The lowest BCUT2D eigenvalue weighted by atomic mass is 9.90. The van der Waals surface area contributed by atoms with Crippen LogP contribution in [0, 0.1) is 19.8 Å². The predicted molar refractivity (Wildman–Crippen MR) is 122 cm³/mol. The molecule has 31 heavy (non-hydrogen) atoms. The number of likely N-dealkylation sites (tertiary alicyclic amines) is 1. The number of carbonyl (C=O) groups excluding carboxylic acids is 1. The molecule has 2 aromatic rings. The van der Waals surface area contributed by atoms with Gasteiger partial charge in [0.1, 0.15) is 5.75 Å². The van der Waals surface area contributed by atoms with Crippen molar-refractivity contribution in [2.24, 2.45) is 5.92 Å². The van der Waals surface area contributed by atoms with Crippen molar-refractivity contribution in [3.05, 3.63) is 59.2 Å². The van der Waals surface area contributed by atoms with E-state index in [1.165, 1.54) is 5.56 Å². The number of hydrogen-bond acceptors (Lipinski definition) is 4. The Bertz CT molecular complexity index is 995. The third-order valence-corrected chi connectivity index (χ3v) is 7.53. The molecule has 1 heterocycles. The molecule has 0 aromatic heterocycles. The fraction of sp³-hybridized carbons (Fsp3) is 0.458. The first-order chi connectivity index (χ1) is 14.8. The van der Waals surface area contributed by atoms with Crippen molar-refractivity contribution >= 4 is 15.9 Å². The number of amides is 1. The first-order valence-corrected chi connectivity index (χ1v) is 12.2. The normalized spacial score (nSPS) is 15.1. The number of methoxy groups -OCH3 is 1. The topological polar surface area (TPSA) is 75.7 Å². The van der Waals surface area contributed by atoms with Crippen LogP contribution in [0.4, 0.5) is 0 Å². The zero-order valence-electron chi connectivity index (χ0n) is 18.6. The van der Waals surface area contributed by atoms with Gasteiger partial charge < -0.3 is 9.64 Å². The SMILES string of the molecule is COc1ccc(CC2CCN(C(=O)CCNS(=O)(=O)c3ccc(C)c(C)c3)CC2)cc1. The number of carbonyl (C=O) groups is 1. The van der Waals surface area contributed by atoms with Crippen LogP contribution in [0.3, 0.4) is 0 Å². The molecule has 3 rings (SSSR count). The molecule has 168 valence electrons. The molecule has 0 atom stereocenters. The van der Waals surface area contributed by atoms with E-state index >= 15 is 0 Å². The van der Waals surface area contributed by atoms with E-state index in [9.17, 15) is 13.2 Å². The van der Waals surface area contributed by atoms with Crippen LogP contribution in [0.1, 0.15) is 36.0 Å². The van der Waals surface area contributed by atoms with Gasteiger partial charge in [-0.2, -0.15) is 0 Å². The third-order valence-electron chi connectivity index (χ3n) is 6.07. The number of ether oxygens (including phenoxy) is 1. The largest absolute Gasteiger partial charge is 0.497 e. The molecule has 1 amide bonds. The first-order valence-electron chi connectivity index (χ1n) is 10.8. The average molecular weight is 445 g/mol. The Hall–Kier alpha value is -2.38. The second kappa shape index (κ2) is 10.3. The molecule has 0 radical (unpaired) electrons. The molecule has 1 aliphatic heterocycles. The third kappa shape index (κ3) is 6.31. The van der Waals surface area contributed by atoms with Crippen LogP contribution in [-0.4, -0.2) is 46.0 Å². The second-order valence-electron chi connectivity index (χ2n) is 8.27. The lowest BCUT2D eigenvalue weighted by molar-refractivity contribution is -0.132. The summed E-state index contributed by atoms with van der Waals surface area (Å²) in [5.74, 6) is 1.42. The summed E-state index contributed by atoms with van der Waals surface area (Å²) >= 11 is 0. The number of piperidine rings is 1. The van der Waals surface area contributed by atoms with Crippen LogP contribution >= 0.6 is 0 Å². The molecule has 0 aliphatic carbocycles. The summed E-state index contributed by atoms with van der Waals surface area (Å²) in [6.07, 6.45) is 3.10. The van der Waals surface area contributed by atoms with Gasteiger partial charge in [-0.3, -0.25) is 4.79 Å². The Morgan fingerprint density at radius 1 is 1.06 bits per heavy atom. The number of benzene rings is 2. The van der Waals surface area contributed by atoms with Crippen molar-refractivity contribution in [1.29, 1.82) is 0 Å². The summed E-state index contributed by atoms with van der Waals surface area (Å²) in [7, 11) is -1.94. The Labute approximate surface area is 185 Å². The fourth-order valence-electron chi connectivity index (χ4n) is 3.90. The van der Waals surface area contributed by atoms with Gasteiger partial charge in [-0.1, -0.05) is 18.2 Å². The monoisotopic (exact) mass is 444 g/mol. The minimum absolute atomic E-state index is 0.00526. The lowest BCUT2D eigenvalue weighted by Gasteiger charge is -2.32. The number of aryl methyl sites for hydroxylation is 2. The van der Waals surface area contributed by atoms with E-state index in [4.69, 9.17) is 4.74 Å². The Morgan fingerprint density at radius 3 is 2.35 bits per heavy atom. The summed E-state index contributed by atoms with van der Waals surface area (Å²) < 4.78 is 32.7. The van der Waals surface area contributed by atoms with Crippen molar-refractivity contribution < 1.29 is 17.9 Å². The molecule has 1 N–H and O–H groups in total. The van der Waals surface area contributed by atoms with Crippen LogP contribution < -0.4 is 9.46 Å². The number of nitrogens with zero attached hydrogens (tertiary/aromatic N) is 1. The highest BCUT2D eigenvalue weighted by molar-refractivity contribution is 7.89. The zero-order valence-corrected chi connectivity index (χ0v) is 19.4. The molecule has 0 unspecified atom stereocenters. The van der Waals surface area contributed by atoms with Gasteiger partial charge in [-0.15, -0.1) is 0 Å². The van der Waals surface area contributed by atoms with Crippen LogP contribution in [-0.2, 0) is 21.2 Å². The maximum absolute atomic E-state index is 12.5. The number of hydrogen-bond donors (Lipinski definition) is 1. The highest BCUT2D eigenvalue weighted by atomic mass is 32.2. The van der Waals surface area contributed by atoms with Crippen molar-refractivity contribution in [2.75, 3.05) is 26.7 Å². The van der Waals surface area contributed by atoms with E-state index in [0.717, 1.165) is 49.2 Å². The maximum Gasteiger partial charge on any atom is 0.240 e. The highest BCUT2D eigenvalue weighted by Gasteiger charge is 2.23. The molecule has 0 bridgehead atoms. The van der Waals surface area contributed by atoms with E-state index < -0.39 is 10.0 Å². The van der Waals surface area contributed by atoms with Crippen molar-refractivity contribution in [1.82, 2.24) is 9.62 Å². The Morgan fingerprint density at radius 2 is 1.74 bits per heavy atom. The zero-order chi connectivity index (χ0) is 22.4. The first kappa shape index (κ1) is 23.3. The molecule has 1 aliphatic rings. The maximum atomic E-state index is 12.5. The van der Waals surface area contributed by atoms with Crippen LogP contribution in [0.5, 0.6) is 5.75 Å². The van der Waals surface area contributed by atoms with Crippen molar-refractivity contribution in [2.45, 2.75) is 44.4 Å². The van der Waals surface area contributed by atoms with Gasteiger partial charge in [-0.05, 0) is 80.0 Å². The standard InChI is InChI=1S/C24H32N2O4S/c1-18-4-9-23(16-19(18)2)31(28,29)25-13-10-24(27)26-14-11-21(12-15-26)17-20-5-7-22(30-3)8-6-20/h4-9,16,21,25H,10-15,17H2,1-3H3. The van der Waals surface area contributed by atoms with Gasteiger partial charge in [-0.25, -0.2) is 13.1 Å². The van der Waals surface area contributed by atoms with Crippen molar-refractivity contribution in [3.63, 3.8) is 0 Å². The molecule has 1 fully saturated rings. The molecule has 7 heteroatoms. The van der Waals surface area contributed by atoms with E-state index in [2.05, 4.69) is 16.9 Å². The number of nitrogens with one attached hydrogen (secondary N) is 1. The second-order valence-corrected chi connectivity index (χ2v) is 10.0. The molecule has 0 spiro atoms. The smallest absolute Gasteiger partial charge is 0.240 e. The van der Waals surface area contributed by atoms with E-state index in [0.29, 0.717) is 5.92 Å². The Balaban J connectivity index is 1.42. The van der Waals surface area contributed by atoms with Gasteiger partial charge in [0.15, 0.2) is 0 Å². The lowest BCUT2D eigenvalue weighted by Crippen LogP contribution is -2.40. The summed E-state index contributed by atoms with van der Waals surface area (Å²) in [6, 6.07) is 13.2. The molecule has 0 saturated carbocycles.